The minimum absolute atomic E-state index is 0.331. The number of aromatic nitrogens is 2. The Morgan fingerprint density at radius 1 is 1.22 bits per heavy atom. The maximum absolute atomic E-state index is 4.51. The molecular weight excluding hydrogens is 222 g/mol. The molecule has 0 bridgehead atoms. The van der Waals surface area contributed by atoms with Crippen LogP contribution in [0.5, 0.6) is 0 Å². The molecule has 1 atom stereocenters. The Bertz CT molecular complexity index is 338. The summed E-state index contributed by atoms with van der Waals surface area (Å²) in [4.78, 5) is 8.86. The van der Waals surface area contributed by atoms with Crippen LogP contribution in [-0.4, -0.2) is 16.5 Å². The van der Waals surface area contributed by atoms with Crippen molar-refractivity contribution in [3.05, 3.63) is 23.8 Å². The van der Waals surface area contributed by atoms with E-state index in [4.69, 9.17) is 0 Å². The van der Waals surface area contributed by atoms with Crippen LogP contribution in [0.3, 0.4) is 0 Å². The quantitative estimate of drug-likeness (QED) is 0.836. The van der Waals surface area contributed by atoms with Crippen molar-refractivity contribution < 1.29 is 0 Å². The van der Waals surface area contributed by atoms with Gasteiger partial charge in [0, 0.05) is 6.20 Å². The van der Waals surface area contributed by atoms with E-state index in [1.165, 1.54) is 6.42 Å². The fraction of sp³-hybridized carbons (Fsp3) is 0.733. The van der Waals surface area contributed by atoms with Crippen LogP contribution in [0.15, 0.2) is 12.4 Å². The summed E-state index contributed by atoms with van der Waals surface area (Å²) in [6.07, 6.45) is 7.20. The zero-order chi connectivity index (χ0) is 13.6. The van der Waals surface area contributed by atoms with Crippen LogP contribution in [0, 0.1) is 12.3 Å². The standard InChI is InChI=1S/C15H27N3/c1-6-9-16-13(7-8-15(3,4)5)14-11-17-12(2)10-18-14/h10-11,13,16H,6-9H2,1-5H3. The van der Waals surface area contributed by atoms with E-state index in [9.17, 15) is 0 Å². The molecule has 0 aliphatic carbocycles. The summed E-state index contributed by atoms with van der Waals surface area (Å²) >= 11 is 0. The summed E-state index contributed by atoms with van der Waals surface area (Å²) in [6.45, 7) is 12.0. The Labute approximate surface area is 111 Å². The Kier molecular flexibility index (Phi) is 5.73. The van der Waals surface area contributed by atoms with E-state index < -0.39 is 0 Å². The topological polar surface area (TPSA) is 37.8 Å². The number of rotatable bonds is 6. The van der Waals surface area contributed by atoms with Gasteiger partial charge in [0.05, 0.1) is 23.6 Å². The molecule has 0 saturated carbocycles. The van der Waals surface area contributed by atoms with Gasteiger partial charge in [-0.2, -0.15) is 0 Å². The molecule has 102 valence electrons. The van der Waals surface area contributed by atoms with E-state index in [0.29, 0.717) is 11.5 Å². The summed E-state index contributed by atoms with van der Waals surface area (Å²) in [5.74, 6) is 0. The number of nitrogens with one attached hydrogen (secondary N) is 1. The molecule has 0 amide bonds. The molecule has 0 fully saturated rings. The average Bonchev–Trinajstić information content (AvgIpc) is 2.29. The molecule has 1 rings (SSSR count). The number of aryl methyl sites for hydroxylation is 1. The van der Waals surface area contributed by atoms with Crippen molar-refractivity contribution in [2.75, 3.05) is 6.54 Å². The number of nitrogens with zero attached hydrogens (tertiary/aromatic N) is 2. The summed E-state index contributed by atoms with van der Waals surface area (Å²) < 4.78 is 0. The van der Waals surface area contributed by atoms with Crippen LogP contribution >= 0.6 is 0 Å². The summed E-state index contributed by atoms with van der Waals surface area (Å²) in [5, 5.41) is 3.58. The first-order valence-electron chi connectivity index (χ1n) is 6.94. The third-order valence-electron chi connectivity index (χ3n) is 2.98. The lowest BCUT2D eigenvalue weighted by Gasteiger charge is -2.23. The van der Waals surface area contributed by atoms with E-state index in [-0.39, 0.29) is 0 Å². The van der Waals surface area contributed by atoms with Gasteiger partial charge in [-0.05, 0) is 38.1 Å². The predicted molar refractivity (Wildman–Crippen MR) is 76.5 cm³/mol. The molecule has 0 saturated heterocycles. The molecular formula is C15H27N3. The van der Waals surface area contributed by atoms with Gasteiger partial charge < -0.3 is 5.32 Å². The molecule has 1 unspecified atom stereocenters. The normalized spacial score (nSPS) is 13.6. The molecule has 0 radical (unpaired) electrons. The van der Waals surface area contributed by atoms with Gasteiger partial charge in [-0.1, -0.05) is 27.7 Å². The lowest BCUT2D eigenvalue weighted by molar-refractivity contribution is 0.329. The average molecular weight is 249 g/mol. The van der Waals surface area contributed by atoms with Crippen molar-refractivity contribution in [3.8, 4) is 0 Å². The van der Waals surface area contributed by atoms with E-state index in [2.05, 4.69) is 43.0 Å². The summed E-state index contributed by atoms with van der Waals surface area (Å²) in [6, 6.07) is 0.331. The second-order valence-corrected chi connectivity index (χ2v) is 6.19. The molecule has 1 heterocycles. The van der Waals surface area contributed by atoms with Gasteiger partial charge >= 0.3 is 0 Å². The van der Waals surface area contributed by atoms with Crippen LogP contribution in [0.1, 0.15) is 64.4 Å². The maximum atomic E-state index is 4.51. The number of hydrogen-bond donors (Lipinski definition) is 1. The van der Waals surface area contributed by atoms with Crippen molar-refractivity contribution in [2.24, 2.45) is 5.41 Å². The highest BCUT2D eigenvalue weighted by Crippen LogP contribution is 2.26. The molecule has 0 aliphatic rings. The van der Waals surface area contributed by atoms with E-state index in [1.807, 2.05) is 19.3 Å². The van der Waals surface area contributed by atoms with Crippen LogP contribution in [0.25, 0.3) is 0 Å². The highest BCUT2D eigenvalue weighted by Gasteiger charge is 2.17. The highest BCUT2D eigenvalue weighted by molar-refractivity contribution is 5.06. The Balaban J connectivity index is 2.68. The van der Waals surface area contributed by atoms with Crippen molar-refractivity contribution >= 4 is 0 Å². The van der Waals surface area contributed by atoms with E-state index in [1.54, 1.807) is 0 Å². The Hall–Kier alpha value is -0.960. The lowest BCUT2D eigenvalue weighted by atomic mass is 9.88. The highest BCUT2D eigenvalue weighted by atomic mass is 14.9. The van der Waals surface area contributed by atoms with Gasteiger partial charge in [0.1, 0.15) is 0 Å². The lowest BCUT2D eigenvalue weighted by Crippen LogP contribution is -2.24. The van der Waals surface area contributed by atoms with Crippen LogP contribution < -0.4 is 5.32 Å². The molecule has 3 nitrogen and oxygen atoms in total. The molecule has 1 aromatic rings. The first-order chi connectivity index (χ1) is 8.42. The summed E-state index contributed by atoms with van der Waals surface area (Å²) in [7, 11) is 0. The molecule has 0 spiro atoms. The van der Waals surface area contributed by atoms with Crippen molar-refractivity contribution in [1.82, 2.24) is 15.3 Å². The van der Waals surface area contributed by atoms with Gasteiger partial charge in [-0.15, -0.1) is 0 Å². The zero-order valence-corrected chi connectivity index (χ0v) is 12.5. The summed E-state index contributed by atoms with van der Waals surface area (Å²) in [5.41, 5.74) is 2.41. The van der Waals surface area contributed by atoms with E-state index >= 15 is 0 Å². The third kappa shape index (κ3) is 5.58. The van der Waals surface area contributed by atoms with Gasteiger partial charge in [0.2, 0.25) is 0 Å². The molecule has 0 aromatic carbocycles. The molecule has 1 aromatic heterocycles. The number of hydrogen-bond acceptors (Lipinski definition) is 3. The van der Waals surface area contributed by atoms with Crippen molar-refractivity contribution in [1.29, 1.82) is 0 Å². The molecule has 3 heteroatoms. The van der Waals surface area contributed by atoms with Gasteiger partial charge in [0.15, 0.2) is 0 Å². The monoisotopic (exact) mass is 249 g/mol. The molecule has 0 aliphatic heterocycles. The second-order valence-electron chi connectivity index (χ2n) is 6.19. The van der Waals surface area contributed by atoms with Crippen LogP contribution in [-0.2, 0) is 0 Å². The second kappa shape index (κ2) is 6.83. The first kappa shape index (κ1) is 15.1. The largest absolute Gasteiger partial charge is 0.309 e. The van der Waals surface area contributed by atoms with Gasteiger partial charge in [-0.3, -0.25) is 9.97 Å². The molecule has 1 N–H and O–H groups in total. The van der Waals surface area contributed by atoms with Crippen LogP contribution in [0.4, 0.5) is 0 Å². The fourth-order valence-electron chi connectivity index (χ4n) is 1.83. The predicted octanol–water partition coefficient (Wildman–Crippen LogP) is 3.65. The van der Waals surface area contributed by atoms with Crippen molar-refractivity contribution in [3.63, 3.8) is 0 Å². The van der Waals surface area contributed by atoms with Crippen molar-refractivity contribution in [2.45, 2.75) is 59.9 Å². The molecule has 18 heavy (non-hydrogen) atoms. The SMILES string of the molecule is CCCNC(CCC(C)(C)C)c1cnc(C)cn1. The minimum Gasteiger partial charge on any atom is -0.309 e. The van der Waals surface area contributed by atoms with Gasteiger partial charge in [0.25, 0.3) is 0 Å². The Morgan fingerprint density at radius 3 is 2.44 bits per heavy atom. The third-order valence-corrected chi connectivity index (χ3v) is 2.98. The first-order valence-corrected chi connectivity index (χ1v) is 6.94. The fourth-order valence-corrected chi connectivity index (χ4v) is 1.83. The Morgan fingerprint density at radius 2 is 1.94 bits per heavy atom. The van der Waals surface area contributed by atoms with E-state index in [0.717, 1.165) is 30.8 Å². The smallest absolute Gasteiger partial charge is 0.0756 e. The maximum Gasteiger partial charge on any atom is 0.0756 e. The van der Waals surface area contributed by atoms with Crippen LogP contribution in [0.2, 0.25) is 0 Å². The zero-order valence-electron chi connectivity index (χ0n) is 12.5. The minimum atomic E-state index is 0.331. The van der Waals surface area contributed by atoms with Gasteiger partial charge in [-0.25, -0.2) is 0 Å².